The number of amides is 1. The number of halogens is 1. The minimum absolute atomic E-state index is 0.0451. The van der Waals surface area contributed by atoms with E-state index in [0.717, 1.165) is 25.1 Å². The first-order chi connectivity index (χ1) is 8.58. The smallest absolute Gasteiger partial charge is 0.253 e. The first-order valence-electron chi connectivity index (χ1n) is 6.33. The summed E-state index contributed by atoms with van der Waals surface area (Å²) in [6, 6.07) is 5.87. The van der Waals surface area contributed by atoms with E-state index < -0.39 is 0 Å². The van der Waals surface area contributed by atoms with E-state index in [1.54, 1.807) is 11.0 Å². The molecule has 4 heteroatoms. The lowest BCUT2D eigenvalue weighted by atomic mass is 10.1. The van der Waals surface area contributed by atoms with Gasteiger partial charge in [0, 0.05) is 30.2 Å². The minimum atomic E-state index is 0.0451. The molecule has 1 amide bonds. The molecule has 0 spiro atoms. The van der Waals surface area contributed by atoms with Crippen LogP contribution in [0.2, 0.25) is 5.02 Å². The number of hydrogen-bond donors (Lipinski definition) is 1. The van der Waals surface area contributed by atoms with E-state index in [1.807, 2.05) is 26.1 Å². The van der Waals surface area contributed by atoms with Gasteiger partial charge in [0.1, 0.15) is 0 Å². The van der Waals surface area contributed by atoms with Gasteiger partial charge in [0.05, 0.1) is 0 Å². The third-order valence-corrected chi connectivity index (χ3v) is 3.67. The maximum atomic E-state index is 12.3. The fraction of sp³-hybridized carbons (Fsp3) is 0.500. The van der Waals surface area contributed by atoms with Gasteiger partial charge in [-0.15, -0.1) is 0 Å². The largest absolute Gasteiger partial charge is 0.340 e. The minimum Gasteiger partial charge on any atom is -0.340 e. The molecule has 1 aliphatic heterocycles. The maximum absolute atomic E-state index is 12.3. The van der Waals surface area contributed by atoms with E-state index in [1.165, 1.54) is 6.42 Å². The molecular formula is C14H19ClN2O. The van der Waals surface area contributed by atoms with E-state index in [9.17, 15) is 4.79 Å². The molecule has 0 radical (unpaired) electrons. The number of nitrogens with zero attached hydrogens (tertiary/aromatic N) is 1. The zero-order chi connectivity index (χ0) is 13.1. The third kappa shape index (κ3) is 3.03. The second-order valence-electron chi connectivity index (χ2n) is 4.94. The summed E-state index contributed by atoms with van der Waals surface area (Å²) in [7, 11) is 1.85. The fourth-order valence-corrected chi connectivity index (χ4v) is 2.53. The average Bonchev–Trinajstić information content (AvgIpc) is 2.84. The van der Waals surface area contributed by atoms with Crippen LogP contribution in [0, 0.1) is 6.92 Å². The number of likely N-dealkylation sites (N-methyl/N-ethyl adjacent to an activating group) is 1. The number of hydrogen-bond acceptors (Lipinski definition) is 2. The Labute approximate surface area is 113 Å². The summed E-state index contributed by atoms with van der Waals surface area (Å²) in [5, 5.41) is 4.01. The predicted octanol–water partition coefficient (Wildman–Crippen LogP) is 2.47. The summed E-state index contributed by atoms with van der Waals surface area (Å²) in [6.07, 6.45) is 2.34. The first kappa shape index (κ1) is 13.4. The number of benzene rings is 1. The Morgan fingerprint density at radius 3 is 3.00 bits per heavy atom. The first-order valence-corrected chi connectivity index (χ1v) is 6.70. The van der Waals surface area contributed by atoms with Crippen LogP contribution in [0.5, 0.6) is 0 Å². The van der Waals surface area contributed by atoms with Crippen LogP contribution in [-0.2, 0) is 0 Å². The van der Waals surface area contributed by atoms with Crippen molar-refractivity contribution in [2.24, 2.45) is 0 Å². The summed E-state index contributed by atoms with van der Waals surface area (Å²) in [6.45, 7) is 3.75. The molecule has 1 fully saturated rings. The van der Waals surface area contributed by atoms with Crippen molar-refractivity contribution in [3.05, 3.63) is 34.3 Å². The standard InChI is InChI=1S/C14H19ClN2O/c1-10-5-6-11(15)8-13(10)14(18)17(2)9-12-4-3-7-16-12/h5-6,8,12,16H,3-4,7,9H2,1-2H3. The van der Waals surface area contributed by atoms with Crippen molar-refractivity contribution >= 4 is 17.5 Å². The van der Waals surface area contributed by atoms with Crippen LogP contribution in [0.15, 0.2) is 18.2 Å². The summed E-state index contributed by atoms with van der Waals surface area (Å²) in [5.41, 5.74) is 1.67. The van der Waals surface area contributed by atoms with Gasteiger partial charge in [0.15, 0.2) is 0 Å². The van der Waals surface area contributed by atoms with Crippen molar-refractivity contribution in [3.8, 4) is 0 Å². The monoisotopic (exact) mass is 266 g/mol. The van der Waals surface area contributed by atoms with Gasteiger partial charge in [-0.25, -0.2) is 0 Å². The highest BCUT2D eigenvalue weighted by atomic mass is 35.5. The molecule has 0 aliphatic carbocycles. The topological polar surface area (TPSA) is 32.3 Å². The predicted molar refractivity (Wildman–Crippen MR) is 74.2 cm³/mol. The van der Waals surface area contributed by atoms with Crippen molar-refractivity contribution in [1.82, 2.24) is 10.2 Å². The van der Waals surface area contributed by atoms with E-state index in [4.69, 9.17) is 11.6 Å². The average molecular weight is 267 g/mol. The van der Waals surface area contributed by atoms with Crippen LogP contribution in [0.3, 0.4) is 0 Å². The zero-order valence-electron chi connectivity index (χ0n) is 10.9. The van der Waals surface area contributed by atoms with Gasteiger partial charge in [-0.3, -0.25) is 4.79 Å². The van der Waals surface area contributed by atoms with Crippen LogP contribution in [-0.4, -0.2) is 37.0 Å². The second kappa shape index (κ2) is 5.72. The normalized spacial score (nSPS) is 18.9. The van der Waals surface area contributed by atoms with Gasteiger partial charge >= 0.3 is 0 Å². The number of aryl methyl sites for hydroxylation is 1. The lowest BCUT2D eigenvalue weighted by Crippen LogP contribution is -2.38. The summed E-state index contributed by atoms with van der Waals surface area (Å²) in [5.74, 6) is 0.0451. The van der Waals surface area contributed by atoms with Gasteiger partial charge in [-0.1, -0.05) is 17.7 Å². The quantitative estimate of drug-likeness (QED) is 0.912. The van der Waals surface area contributed by atoms with Crippen molar-refractivity contribution < 1.29 is 4.79 Å². The van der Waals surface area contributed by atoms with Crippen LogP contribution in [0.25, 0.3) is 0 Å². The van der Waals surface area contributed by atoms with Gasteiger partial charge in [-0.05, 0) is 44.0 Å². The summed E-state index contributed by atoms with van der Waals surface area (Å²) < 4.78 is 0. The Hall–Kier alpha value is -1.06. The molecule has 1 N–H and O–H groups in total. The molecule has 0 aromatic heterocycles. The number of rotatable bonds is 3. The lowest BCUT2D eigenvalue weighted by Gasteiger charge is -2.22. The zero-order valence-corrected chi connectivity index (χ0v) is 11.6. The SMILES string of the molecule is Cc1ccc(Cl)cc1C(=O)N(C)CC1CCCN1. The highest BCUT2D eigenvalue weighted by Crippen LogP contribution is 2.17. The van der Waals surface area contributed by atoms with Crippen LogP contribution >= 0.6 is 11.6 Å². The molecule has 1 heterocycles. The molecule has 1 atom stereocenters. The Morgan fingerprint density at radius 2 is 2.33 bits per heavy atom. The Kier molecular flexibility index (Phi) is 4.25. The number of carbonyl (C=O) groups is 1. The van der Waals surface area contributed by atoms with Crippen LogP contribution < -0.4 is 5.32 Å². The van der Waals surface area contributed by atoms with Gasteiger partial charge in [-0.2, -0.15) is 0 Å². The van der Waals surface area contributed by atoms with Crippen molar-refractivity contribution in [2.45, 2.75) is 25.8 Å². The molecule has 18 heavy (non-hydrogen) atoms. The fourth-order valence-electron chi connectivity index (χ4n) is 2.36. The van der Waals surface area contributed by atoms with Gasteiger partial charge in [0.25, 0.3) is 5.91 Å². The van der Waals surface area contributed by atoms with E-state index in [-0.39, 0.29) is 5.91 Å². The van der Waals surface area contributed by atoms with Gasteiger partial charge in [0.2, 0.25) is 0 Å². The molecule has 1 aromatic rings. The molecule has 0 bridgehead atoms. The van der Waals surface area contributed by atoms with Gasteiger partial charge < -0.3 is 10.2 Å². The van der Waals surface area contributed by atoms with Crippen molar-refractivity contribution in [1.29, 1.82) is 0 Å². The Morgan fingerprint density at radius 1 is 1.56 bits per heavy atom. The molecule has 1 aromatic carbocycles. The highest BCUT2D eigenvalue weighted by Gasteiger charge is 2.20. The Bertz CT molecular complexity index is 441. The van der Waals surface area contributed by atoms with E-state index in [0.29, 0.717) is 16.6 Å². The molecule has 2 rings (SSSR count). The molecule has 0 saturated carbocycles. The third-order valence-electron chi connectivity index (χ3n) is 3.43. The molecule has 98 valence electrons. The van der Waals surface area contributed by atoms with Crippen LogP contribution in [0.1, 0.15) is 28.8 Å². The number of nitrogens with one attached hydrogen (secondary N) is 1. The molecule has 1 saturated heterocycles. The van der Waals surface area contributed by atoms with Crippen molar-refractivity contribution in [2.75, 3.05) is 20.1 Å². The number of carbonyl (C=O) groups excluding carboxylic acids is 1. The summed E-state index contributed by atoms with van der Waals surface area (Å²) >= 11 is 5.95. The van der Waals surface area contributed by atoms with Crippen LogP contribution in [0.4, 0.5) is 0 Å². The van der Waals surface area contributed by atoms with Crippen molar-refractivity contribution in [3.63, 3.8) is 0 Å². The maximum Gasteiger partial charge on any atom is 0.253 e. The summed E-state index contributed by atoms with van der Waals surface area (Å²) in [4.78, 5) is 14.1. The highest BCUT2D eigenvalue weighted by molar-refractivity contribution is 6.31. The Balaban J connectivity index is 2.07. The molecule has 3 nitrogen and oxygen atoms in total. The lowest BCUT2D eigenvalue weighted by molar-refractivity contribution is 0.0783. The molecule has 1 aliphatic rings. The second-order valence-corrected chi connectivity index (χ2v) is 5.37. The molecular weight excluding hydrogens is 248 g/mol. The van der Waals surface area contributed by atoms with E-state index in [2.05, 4.69) is 5.32 Å². The molecule has 1 unspecified atom stereocenters. The van der Waals surface area contributed by atoms with E-state index >= 15 is 0 Å².